The van der Waals surface area contributed by atoms with E-state index in [0.717, 1.165) is 13.1 Å². The average molecular weight is 835 g/mol. The van der Waals surface area contributed by atoms with Gasteiger partial charge in [-0.3, -0.25) is 0 Å². The Balaban J connectivity index is -0.000000486. The van der Waals surface area contributed by atoms with E-state index in [1.165, 1.54) is 25.7 Å². The summed E-state index contributed by atoms with van der Waals surface area (Å²) >= 11 is 0. The summed E-state index contributed by atoms with van der Waals surface area (Å²) in [7, 11) is 0. The number of aryl methyl sites for hydroxylation is 2. The lowest BCUT2D eigenvalue weighted by atomic mass is 10.1. The van der Waals surface area contributed by atoms with Crippen molar-refractivity contribution in [2.75, 3.05) is 0 Å². The van der Waals surface area contributed by atoms with Crippen LogP contribution in [0.3, 0.4) is 0 Å². The van der Waals surface area contributed by atoms with Crippen molar-refractivity contribution in [1.29, 1.82) is 0 Å². The van der Waals surface area contributed by atoms with E-state index in [1.807, 2.05) is 53.5 Å². The molecule has 0 amide bonds. The number of carbonyl (C=O) groups excluding carboxylic acids is 3. The SMILES string of the molecule is CC(=O)n1cc[n+](C(C)(C)C)c1.CCCCCC[n+]1ccn(C(C)=O)c1.CC[n+]1ccn(C(C)=O)c1.[Br-].[I-].[I-]. The molecule has 0 radical (unpaired) electrons. The van der Waals surface area contributed by atoms with Crippen LogP contribution in [0, 0.1) is 0 Å². The Morgan fingerprint density at radius 1 is 0.667 bits per heavy atom. The number of halogens is 3. The molecule has 0 saturated carbocycles. The van der Waals surface area contributed by atoms with E-state index in [0.29, 0.717) is 0 Å². The molecule has 0 saturated heterocycles. The maximum atomic E-state index is 11.0. The predicted molar refractivity (Wildman–Crippen MR) is 138 cm³/mol. The number of aromatic nitrogens is 6. The molecule has 0 N–H and O–H groups in total. The van der Waals surface area contributed by atoms with E-state index in [4.69, 9.17) is 0 Å². The normalized spacial score (nSPS) is 9.85. The molecule has 0 aliphatic rings. The van der Waals surface area contributed by atoms with Gasteiger partial charge in [0.2, 0.25) is 0 Å². The highest BCUT2D eigenvalue weighted by molar-refractivity contribution is 5.76. The van der Waals surface area contributed by atoms with E-state index in [2.05, 4.69) is 32.3 Å². The first-order valence-electron chi connectivity index (χ1n) is 12.7. The smallest absolute Gasteiger partial charge is 0.310 e. The van der Waals surface area contributed by atoms with Crippen LogP contribution >= 0.6 is 0 Å². The number of carbonyl (C=O) groups is 3. The molecule has 0 aliphatic heterocycles. The van der Waals surface area contributed by atoms with Gasteiger partial charge in [-0.2, -0.15) is 13.7 Å². The molecule has 39 heavy (non-hydrogen) atoms. The fourth-order valence-electron chi connectivity index (χ4n) is 3.14. The Bertz CT molecular complexity index is 1120. The van der Waals surface area contributed by atoms with E-state index in [-0.39, 0.29) is 88.2 Å². The van der Waals surface area contributed by atoms with Gasteiger partial charge in [0.15, 0.2) is 0 Å². The van der Waals surface area contributed by atoms with Gasteiger partial charge in [0, 0.05) is 20.8 Å². The molecule has 3 aromatic rings. The molecule has 0 atom stereocenters. The molecule has 12 heteroatoms. The molecule has 3 heterocycles. The number of unbranched alkanes of at least 4 members (excludes halogenated alkanes) is 3. The van der Waals surface area contributed by atoms with Gasteiger partial charge in [-0.1, -0.05) is 19.8 Å². The largest absolute Gasteiger partial charge is 1.00 e. The first-order valence-corrected chi connectivity index (χ1v) is 12.7. The van der Waals surface area contributed by atoms with Crippen molar-refractivity contribution >= 4 is 17.7 Å². The van der Waals surface area contributed by atoms with Crippen LogP contribution < -0.4 is 78.6 Å². The Morgan fingerprint density at radius 3 is 1.44 bits per heavy atom. The summed E-state index contributed by atoms with van der Waals surface area (Å²) in [6, 6.07) is 0. The van der Waals surface area contributed by atoms with E-state index >= 15 is 0 Å². The zero-order valence-electron chi connectivity index (χ0n) is 24.5. The summed E-state index contributed by atoms with van der Waals surface area (Å²) in [5, 5.41) is 0. The van der Waals surface area contributed by atoms with Gasteiger partial charge in [-0.25, -0.2) is 28.1 Å². The maximum absolute atomic E-state index is 11.0. The second-order valence-electron chi connectivity index (χ2n) is 9.73. The Kier molecular flexibility index (Phi) is 23.0. The van der Waals surface area contributed by atoms with Crippen LogP contribution in [0.2, 0.25) is 0 Å². The van der Waals surface area contributed by atoms with Crippen molar-refractivity contribution in [3.8, 4) is 0 Å². The molecule has 3 aromatic heterocycles. The molecule has 0 spiro atoms. The van der Waals surface area contributed by atoms with Crippen LogP contribution in [-0.4, -0.2) is 31.4 Å². The molecule has 222 valence electrons. The van der Waals surface area contributed by atoms with Gasteiger partial charge >= 0.3 is 17.7 Å². The lowest BCUT2D eigenvalue weighted by molar-refractivity contribution is -0.753. The van der Waals surface area contributed by atoms with Crippen LogP contribution in [0.4, 0.5) is 0 Å². The van der Waals surface area contributed by atoms with Crippen LogP contribution in [0.1, 0.15) is 95.5 Å². The number of nitrogens with zero attached hydrogens (tertiary/aromatic N) is 6. The lowest BCUT2D eigenvalue weighted by Gasteiger charge is -2.13. The molecule has 0 aliphatic carbocycles. The van der Waals surface area contributed by atoms with Gasteiger partial charge in [0.1, 0.15) is 42.7 Å². The molecular formula is C27H45BrI2N6O3. The summed E-state index contributed by atoms with van der Waals surface area (Å²) in [6.07, 6.45) is 21.5. The van der Waals surface area contributed by atoms with Crippen LogP contribution in [-0.2, 0) is 18.6 Å². The highest BCUT2D eigenvalue weighted by Crippen LogP contribution is 2.02. The fourth-order valence-corrected chi connectivity index (χ4v) is 3.14. The molecule has 9 nitrogen and oxygen atoms in total. The Hall–Kier alpha value is -1.42. The van der Waals surface area contributed by atoms with E-state index < -0.39 is 0 Å². The monoisotopic (exact) mass is 834 g/mol. The van der Waals surface area contributed by atoms with Crippen molar-refractivity contribution in [2.45, 2.75) is 99.7 Å². The highest BCUT2D eigenvalue weighted by atomic mass is 127. The zero-order chi connectivity index (χ0) is 27.3. The second-order valence-corrected chi connectivity index (χ2v) is 9.73. The van der Waals surface area contributed by atoms with Crippen molar-refractivity contribution in [3.63, 3.8) is 0 Å². The molecule has 3 rings (SSSR count). The molecule has 0 aromatic carbocycles. The first kappa shape index (κ1) is 42.1. The lowest BCUT2D eigenvalue weighted by Crippen LogP contribution is -3.00. The maximum Gasteiger partial charge on any atom is 0.310 e. The summed E-state index contributed by atoms with van der Waals surface area (Å²) in [5.74, 6) is 0.155. The number of imidazole rings is 3. The Morgan fingerprint density at radius 2 is 1.10 bits per heavy atom. The second kappa shape index (κ2) is 21.3. The minimum Gasteiger partial charge on any atom is -1.00 e. The van der Waals surface area contributed by atoms with Gasteiger partial charge < -0.3 is 64.9 Å². The van der Waals surface area contributed by atoms with Gasteiger partial charge in [0.25, 0.3) is 19.0 Å². The standard InChI is InChI=1S/C11H19N2O.C9H15N2O.C7H11N2O.BrH.2HI/c1-3-4-5-6-7-12-8-9-13(10-12)11(2)14;1-8(12)10-5-6-11(7-10)9(2,3)4;1-3-8-4-5-9(6-8)7(2)10;;;/h8-10H,3-7H2,1-2H3;5-7H,1-4H3;4-6H,3H2,1-2H3;3*1H/q3*+1;;;/p-3. The summed E-state index contributed by atoms with van der Waals surface area (Å²) in [6.45, 7) is 17.1. The third kappa shape index (κ3) is 16.4. The fraction of sp³-hybridized carbons (Fsp3) is 0.556. The molecule has 0 bridgehead atoms. The minimum absolute atomic E-state index is 0. The van der Waals surface area contributed by atoms with E-state index in [9.17, 15) is 14.4 Å². The van der Waals surface area contributed by atoms with Crippen molar-refractivity contribution in [2.24, 2.45) is 0 Å². The van der Waals surface area contributed by atoms with Crippen LogP contribution in [0.25, 0.3) is 0 Å². The third-order valence-corrected chi connectivity index (χ3v) is 5.52. The van der Waals surface area contributed by atoms with Gasteiger partial charge in [-0.05, 0) is 40.5 Å². The van der Waals surface area contributed by atoms with Gasteiger partial charge in [-0.15, -0.1) is 0 Å². The number of rotatable bonds is 6. The number of hydrogen-bond donors (Lipinski definition) is 0. The van der Waals surface area contributed by atoms with Crippen molar-refractivity contribution in [1.82, 2.24) is 13.7 Å². The third-order valence-electron chi connectivity index (χ3n) is 5.52. The average Bonchev–Trinajstić information content (AvgIpc) is 3.57. The van der Waals surface area contributed by atoms with Crippen LogP contribution in [0.5, 0.6) is 0 Å². The zero-order valence-corrected chi connectivity index (χ0v) is 30.4. The summed E-state index contributed by atoms with van der Waals surface area (Å²) < 4.78 is 10.8. The first-order chi connectivity index (χ1) is 16.9. The topological polar surface area (TPSA) is 77.6 Å². The van der Waals surface area contributed by atoms with E-state index in [1.54, 1.807) is 53.2 Å². The molecule has 0 unspecified atom stereocenters. The van der Waals surface area contributed by atoms with Crippen LogP contribution in [0.15, 0.2) is 56.2 Å². The molecular weight excluding hydrogens is 790 g/mol. The predicted octanol–water partition coefficient (Wildman–Crippen LogP) is -5.33. The minimum atomic E-state index is 0. The quantitative estimate of drug-likeness (QED) is 0.142. The van der Waals surface area contributed by atoms with Gasteiger partial charge in [0.05, 0.1) is 13.1 Å². The highest BCUT2D eigenvalue weighted by Gasteiger charge is 2.19. The van der Waals surface area contributed by atoms with Crippen molar-refractivity contribution in [3.05, 3.63) is 56.2 Å². The summed E-state index contributed by atoms with van der Waals surface area (Å²) in [4.78, 5) is 32.6. The molecule has 0 fully saturated rings. The number of hydrogen-bond acceptors (Lipinski definition) is 3. The summed E-state index contributed by atoms with van der Waals surface area (Å²) in [5.41, 5.74) is 0.0424. The Labute approximate surface area is 278 Å². The van der Waals surface area contributed by atoms with Crippen molar-refractivity contribution < 1.29 is 93.0 Å².